The fraction of sp³-hybridized carbons (Fsp3) is 0.333. The molecule has 174 valence electrons. The van der Waals surface area contributed by atoms with E-state index in [1.165, 1.54) is 0 Å². The van der Waals surface area contributed by atoms with Crippen LogP contribution in [-0.2, 0) is 16.0 Å². The lowest BCUT2D eigenvalue weighted by Gasteiger charge is -2.21. The summed E-state index contributed by atoms with van der Waals surface area (Å²) in [6.07, 6.45) is 2.21. The van der Waals surface area contributed by atoms with Gasteiger partial charge in [0.1, 0.15) is 6.04 Å². The third-order valence-corrected chi connectivity index (χ3v) is 5.68. The Balaban J connectivity index is 1.59. The van der Waals surface area contributed by atoms with Gasteiger partial charge in [-0.3, -0.25) is 9.59 Å². The van der Waals surface area contributed by atoms with Crippen LogP contribution in [0, 0.1) is 0 Å². The first-order valence-corrected chi connectivity index (χ1v) is 11.6. The number of amides is 2. The molecule has 3 rings (SSSR count). The number of benzene rings is 3. The van der Waals surface area contributed by atoms with Crippen molar-refractivity contribution in [2.45, 2.75) is 31.7 Å². The minimum atomic E-state index is -0.622. The average Bonchev–Trinajstić information content (AvgIpc) is 2.84. The van der Waals surface area contributed by atoms with Crippen molar-refractivity contribution in [3.05, 3.63) is 78.4 Å². The molecule has 0 spiro atoms. The molecule has 0 saturated carbocycles. The van der Waals surface area contributed by atoms with Gasteiger partial charge in [0.05, 0.1) is 0 Å². The van der Waals surface area contributed by atoms with Crippen molar-refractivity contribution in [2.75, 3.05) is 31.6 Å². The molecular weight excluding hydrogens is 412 g/mol. The lowest BCUT2D eigenvalue weighted by molar-refractivity contribution is -0.129. The van der Waals surface area contributed by atoms with E-state index in [0.717, 1.165) is 28.6 Å². The number of hydrogen-bond donors (Lipinski definition) is 3. The summed E-state index contributed by atoms with van der Waals surface area (Å²) in [5.41, 5.74) is 7.67. The van der Waals surface area contributed by atoms with Gasteiger partial charge >= 0.3 is 0 Å². The second kappa shape index (κ2) is 12.6. The Labute approximate surface area is 196 Å². The van der Waals surface area contributed by atoms with Gasteiger partial charge in [0.15, 0.2) is 0 Å². The zero-order chi connectivity index (χ0) is 23.5. The average molecular weight is 447 g/mol. The van der Waals surface area contributed by atoms with Gasteiger partial charge in [-0.05, 0) is 47.9 Å². The van der Waals surface area contributed by atoms with Crippen LogP contribution in [0.1, 0.15) is 24.8 Å². The summed E-state index contributed by atoms with van der Waals surface area (Å²) in [4.78, 5) is 27.6. The molecule has 0 saturated heterocycles. The van der Waals surface area contributed by atoms with Crippen LogP contribution in [0.4, 0.5) is 5.69 Å². The van der Waals surface area contributed by atoms with Gasteiger partial charge in [-0.15, -0.1) is 0 Å². The van der Waals surface area contributed by atoms with Gasteiger partial charge in [0.2, 0.25) is 11.8 Å². The lowest BCUT2D eigenvalue weighted by atomic mass is 10.0. The van der Waals surface area contributed by atoms with Crippen LogP contribution in [0.5, 0.6) is 0 Å². The minimum absolute atomic E-state index is 0.115. The Morgan fingerprint density at radius 3 is 2.42 bits per heavy atom. The van der Waals surface area contributed by atoms with Gasteiger partial charge in [-0.1, -0.05) is 60.7 Å². The third-order valence-electron chi connectivity index (χ3n) is 5.68. The van der Waals surface area contributed by atoms with E-state index in [4.69, 9.17) is 5.73 Å². The van der Waals surface area contributed by atoms with E-state index in [2.05, 4.69) is 39.8 Å². The predicted molar refractivity (Wildman–Crippen MR) is 135 cm³/mol. The molecular formula is C27H34N4O2. The number of para-hydroxylation sites is 1. The molecule has 0 fully saturated rings. The normalized spacial score (nSPS) is 11.7. The molecule has 0 heterocycles. The Morgan fingerprint density at radius 1 is 0.939 bits per heavy atom. The van der Waals surface area contributed by atoms with Gasteiger partial charge in [-0.2, -0.15) is 0 Å². The van der Waals surface area contributed by atoms with E-state index < -0.39 is 6.04 Å². The van der Waals surface area contributed by atoms with Crippen LogP contribution < -0.4 is 21.3 Å². The predicted octanol–water partition coefficient (Wildman–Crippen LogP) is 3.25. The second-order valence-corrected chi connectivity index (χ2v) is 8.30. The highest BCUT2D eigenvalue weighted by Gasteiger charge is 2.21. The topological polar surface area (TPSA) is 87.5 Å². The fourth-order valence-corrected chi connectivity index (χ4v) is 3.80. The molecule has 33 heavy (non-hydrogen) atoms. The maximum atomic E-state index is 12.8. The third kappa shape index (κ3) is 7.61. The molecule has 0 aliphatic rings. The van der Waals surface area contributed by atoms with Crippen LogP contribution in [0.3, 0.4) is 0 Å². The first-order chi connectivity index (χ1) is 16.1. The Hall–Kier alpha value is -3.38. The molecule has 0 aromatic heterocycles. The monoisotopic (exact) mass is 446 g/mol. The van der Waals surface area contributed by atoms with E-state index in [1.807, 2.05) is 55.6 Å². The van der Waals surface area contributed by atoms with E-state index >= 15 is 0 Å². The van der Waals surface area contributed by atoms with E-state index in [9.17, 15) is 9.59 Å². The van der Waals surface area contributed by atoms with Gasteiger partial charge in [0, 0.05) is 38.7 Å². The van der Waals surface area contributed by atoms with Crippen molar-refractivity contribution in [1.29, 1.82) is 0 Å². The Morgan fingerprint density at radius 2 is 1.67 bits per heavy atom. The standard InChI is InChI=1S/C27H34N4O2/c1-31(24-11-3-2-4-12-24)18-7-13-26(32)30-25(27(33)29-17-8-16-28)20-21-14-15-22-9-5-6-10-23(22)19-21/h2-6,9-12,14-15,19,25H,7-8,13,16-18,20,28H2,1H3,(H,29,33)(H,30,32). The fourth-order valence-electron chi connectivity index (χ4n) is 3.80. The number of nitrogens with two attached hydrogens (primary N) is 1. The SMILES string of the molecule is CN(CCCC(=O)NC(Cc1ccc2ccccc2c1)C(=O)NCCCN)c1ccccc1. The van der Waals surface area contributed by atoms with Gasteiger partial charge < -0.3 is 21.3 Å². The minimum Gasteiger partial charge on any atom is -0.375 e. The maximum absolute atomic E-state index is 12.8. The molecule has 1 atom stereocenters. The number of rotatable bonds is 12. The number of carbonyl (C=O) groups excluding carboxylic acids is 2. The van der Waals surface area contributed by atoms with E-state index in [1.54, 1.807) is 0 Å². The van der Waals surface area contributed by atoms with Crippen molar-refractivity contribution in [3.8, 4) is 0 Å². The number of carbonyl (C=O) groups is 2. The van der Waals surface area contributed by atoms with Crippen molar-refractivity contribution in [3.63, 3.8) is 0 Å². The summed E-state index contributed by atoms with van der Waals surface area (Å²) in [5.74, 6) is -0.289. The summed E-state index contributed by atoms with van der Waals surface area (Å²) in [7, 11) is 2.01. The Bertz CT molecular complexity index is 1040. The summed E-state index contributed by atoms with van der Waals surface area (Å²) < 4.78 is 0. The van der Waals surface area contributed by atoms with E-state index in [0.29, 0.717) is 38.8 Å². The largest absolute Gasteiger partial charge is 0.375 e. The summed E-state index contributed by atoms with van der Waals surface area (Å²) in [6, 6.07) is 23.7. The molecule has 6 nitrogen and oxygen atoms in total. The van der Waals surface area contributed by atoms with Crippen LogP contribution in [0.2, 0.25) is 0 Å². The molecule has 0 radical (unpaired) electrons. The molecule has 4 N–H and O–H groups in total. The molecule has 0 aliphatic heterocycles. The summed E-state index contributed by atoms with van der Waals surface area (Å²) in [6.45, 7) is 1.77. The van der Waals surface area contributed by atoms with Crippen LogP contribution >= 0.6 is 0 Å². The molecule has 3 aromatic carbocycles. The molecule has 0 bridgehead atoms. The Kier molecular flexibility index (Phi) is 9.27. The smallest absolute Gasteiger partial charge is 0.242 e. The number of nitrogens with zero attached hydrogens (tertiary/aromatic N) is 1. The zero-order valence-electron chi connectivity index (χ0n) is 19.3. The number of nitrogens with one attached hydrogen (secondary N) is 2. The molecule has 1 unspecified atom stereocenters. The van der Waals surface area contributed by atoms with Gasteiger partial charge in [-0.25, -0.2) is 0 Å². The number of fused-ring (bicyclic) bond motifs is 1. The molecule has 3 aromatic rings. The quantitative estimate of drug-likeness (QED) is 0.373. The highest BCUT2D eigenvalue weighted by Crippen LogP contribution is 2.17. The molecule has 6 heteroatoms. The first kappa shape index (κ1) is 24.3. The molecule has 0 aliphatic carbocycles. The van der Waals surface area contributed by atoms with Crippen LogP contribution in [0.15, 0.2) is 72.8 Å². The van der Waals surface area contributed by atoms with Crippen molar-refractivity contribution in [1.82, 2.24) is 10.6 Å². The molecule has 2 amide bonds. The van der Waals surface area contributed by atoms with Crippen molar-refractivity contribution in [2.24, 2.45) is 5.73 Å². The van der Waals surface area contributed by atoms with Crippen LogP contribution in [-0.4, -0.2) is 44.5 Å². The van der Waals surface area contributed by atoms with Crippen LogP contribution in [0.25, 0.3) is 10.8 Å². The first-order valence-electron chi connectivity index (χ1n) is 11.6. The second-order valence-electron chi connectivity index (χ2n) is 8.30. The highest BCUT2D eigenvalue weighted by atomic mass is 16.2. The van der Waals surface area contributed by atoms with Gasteiger partial charge in [0.25, 0.3) is 0 Å². The van der Waals surface area contributed by atoms with E-state index in [-0.39, 0.29) is 11.8 Å². The lowest BCUT2D eigenvalue weighted by Crippen LogP contribution is -2.48. The van der Waals surface area contributed by atoms with Crippen molar-refractivity contribution < 1.29 is 9.59 Å². The zero-order valence-corrected chi connectivity index (χ0v) is 19.3. The van der Waals surface area contributed by atoms with Crippen molar-refractivity contribution >= 4 is 28.3 Å². The highest BCUT2D eigenvalue weighted by molar-refractivity contribution is 5.88. The maximum Gasteiger partial charge on any atom is 0.242 e. The summed E-state index contributed by atoms with van der Waals surface area (Å²) >= 11 is 0. The summed E-state index contributed by atoms with van der Waals surface area (Å²) in [5, 5.41) is 8.12. The number of anilines is 1. The number of hydrogen-bond acceptors (Lipinski definition) is 4.